The van der Waals surface area contributed by atoms with Crippen molar-refractivity contribution in [3.05, 3.63) is 41.3 Å². The fourth-order valence-corrected chi connectivity index (χ4v) is 4.78. The number of aryl methyl sites for hydroxylation is 1. The number of esters is 1. The largest absolute Gasteiger partial charge is 0.465 e. The predicted molar refractivity (Wildman–Crippen MR) is 120 cm³/mol. The molecule has 3 rings (SSSR count). The lowest BCUT2D eigenvalue weighted by Crippen LogP contribution is -2.38. The summed E-state index contributed by atoms with van der Waals surface area (Å²) in [7, 11) is 1.36. The fraction of sp³-hybridized carbons (Fsp3) is 0.522. The van der Waals surface area contributed by atoms with Gasteiger partial charge in [0.2, 0.25) is 5.89 Å². The van der Waals surface area contributed by atoms with Crippen LogP contribution in [0, 0.1) is 6.92 Å². The van der Waals surface area contributed by atoms with Crippen LogP contribution in [0.15, 0.2) is 28.7 Å². The zero-order valence-corrected chi connectivity index (χ0v) is 19.5. The van der Waals surface area contributed by atoms with E-state index in [0.717, 1.165) is 42.0 Å². The number of hydrogen-bond donors (Lipinski definition) is 1. The van der Waals surface area contributed by atoms with Crippen molar-refractivity contribution in [3.8, 4) is 11.5 Å². The van der Waals surface area contributed by atoms with Gasteiger partial charge >= 0.3 is 12.1 Å². The van der Waals surface area contributed by atoms with Crippen molar-refractivity contribution >= 4 is 23.8 Å². The number of aromatic nitrogens is 1. The van der Waals surface area contributed by atoms with Crippen molar-refractivity contribution in [1.82, 2.24) is 10.3 Å². The summed E-state index contributed by atoms with van der Waals surface area (Å²) < 4.78 is 15.9. The van der Waals surface area contributed by atoms with Gasteiger partial charge in [0.1, 0.15) is 11.4 Å². The highest BCUT2D eigenvalue weighted by molar-refractivity contribution is 7.99. The van der Waals surface area contributed by atoms with E-state index in [4.69, 9.17) is 13.9 Å². The maximum atomic E-state index is 12.0. The van der Waals surface area contributed by atoms with E-state index in [2.05, 4.69) is 10.3 Å². The van der Waals surface area contributed by atoms with E-state index in [9.17, 15) is 9.59 Å². The number of amides is 1. The number of nitrogens with zero attached hydrogens (tertiary/aromatic N) is 1. The summed E-state index contributed by atoms with van der Waals surface area (Å²) >= 11 is 1.84. The Kier molecular flexibility index (Phi) is 7.30. The average Bonchev–Trinajstić information content (AvgIpc) is 3.30. The molecule has 0 saturated heterocycles. The van der Waals surface area contributed by atoms with Gasteiger partial charge in [-0.2, -0.15) is 11.8 Å². The molecule has 1 aromatic carbocycles. The first-order chi connectivity index (χ1) is 14.6. The van der Waals surface area contributed by atoms with Crippen molar-refractivity contribution < 1.29 is 23.5 Å². The minimum absolute atomic E-state index is 0.148. The van der Waals surface area contributed by atoms with Crippen LogP contribution in [0.1, 0.15) is 61.8 Å². The summed E-state index contributed by atoms with van der Waals surface area (Å²) in [6.45, 7) is 7.50. The van der Waals surface area contributed by atoms with Crippen molar-refractivity contribution in [2.24, 2.45) is 0 Å². The van der Waals surface area contributed by atoms with Crippen molar-refractivity contribution in [3.63, 3.8) is 0 Å². The molecule has 1 saturated carbocycles. The van der Waals surface area contributed by atoms with E-state index in [1.807, 2.05) is 39.5 Å². The summed E-state index contributed by atoms with van der Waals surface area (Å²) in [4.78, 5) is 28.2. The van der Waals surface area contributed by atoms with Gasteiger partial charge < -0.3 is 19.2 Å². The molecule has 1 amide bonds. The van der Waals surface area contributed by atoms with Gasteiger partial charge in [0, 0.05) is 22.6 Å². The molecule has 168 valence electrons. The molecule has 0 unspecified atom stereocenters. The third kappa shape index (κ3) is 6.50. The van der Waals surface area contributed by atoms with Crippen molar-refractivity contribution in [2.75, 3.05) is 7.11 Å². The zero-order chi connectivity index (χ0) is 22.6. The first-order valence-corrected chi connectivity index (χ1v) is 11.5. The molecule has 0 radical (unpaired) electrons. The Morgan fingerprint density at radius 1 is 1.23 bits per heavy atom. The van der Waals surface area contributed by atoms with Crippen LogP contribution in [-0.4, -0.2) is 41.0 Å². The van der Waals surface area contributed by atoms with Crippen LogP contribution in [0.2, 0.25) is 0 Å². The van der Waals surface area contributed by atoms with Gasteiger partial charge in [-0.1, -0.05) is 0 Å². The molecule has 31 heavy (non-hydrogen) atoms. The molecule has 1 aliphatic carbocycles. The number of carbonyl (C=O) groups is 2. The van der Waals surface area contributed by atoms with E-state index in [1.165, 1.54) is 7.11 Å². The highest BCUT2D eigenvalue weighted by Crippen LogP contribution is 2.33. The van der Waals surface area contributed by atoms with Gasteiger partial charge in [-0.25, -0.2) is 14.6 Å². The average molecular weight is 447 g/mol. The molecule has 1 aromatic heterocycles. The summed E-state index contributed by atoms with van der Waals surface area (Å²) in [5, 5.41) is 3.43. The predicted octanol–water partition coefficient (Wildman–Crippen LogP) is 5.12. The monoisotopic (exact) mass is 446 g/mol. The number of nitrogens with one attached hydrogen (secondary N) is 1. The number of thioether (sulfide) groups is 1. The van der Waals surface area contributed by atoms with E-state index in [1.54, 1.807) is 24.3 Å². The molecule has 1 aliphatic rings. The van der Waals surface area contributed by atoms with E-state index in [0.29, 0.717) is 16.7 Å². The Bertz CT molecular complexity index is 917. The van der Waals surface area contributed by atoms with Crippen LogP contribution in [0.3, 0.4) is 0 Å². The second-order valence-corrected chi connectivity index (χ2v) is 9.97. The van der Waals surface area contributed by atoms with Gasteiger partial charge in [-0.3, -0.25) is 0 Å². The molecule has 1 N–H and O–H groups in total. The van der Waals surface area contributed by atoms with Crippen LogP contribution in [0.25, 0.3) is 11.5 Å². The molecule has 0 aliphatic heterocycles. The van der Waals surface area contributed by atoms with Gasteiger partial charge in [0.25, 0.3) is 0 Å². The summed E-state index contributed by atoms with van der Waals surface area (Å²) in [5.74, 6) is 1.71. The second kappa shape index (κ2) is 9.77. The minimum Gasteiger partial charge on any atom is -0.465 e. The zero-order valence-electron chi connectivity index (χ0n) is 18.7. The minimum atomic E-state index is -0.487. The number of methoxy groups -OCH3 is 1. The molecule has 8 heteroatoms. The summed E-state index contributed by atoms with van der Waals surface area (Å²) in [6.07, 6.45) is 2.57. The lowest BCUT2D eigenvalue weighted by atomic mass is 10.1. The van der Waals surface area contributed by atoms with Crippen LogP contribution < -0.4 is 5.32 Å². The maximum absolute atomic E-state index is 12.0. The molecule has 2 aromatic rings. The first-order valence-electron chi connectivity index (χ1n) is 10.4. The van der Waals surface area contributed by atoms with Crippen molar-refractivity contribution in [2.45, 2.75) is 69.6 Å². The number of ether oxygens (including phenoxy) is 2. The summed E-state index contributed by atoms with van der Waals surface area (Å²) in [5.41, 5.74) is 1.73. The van der Waals surface area contributed by atoms with Crippen LogP contribution in [0.4, 0.5) is 4.79 Å². The third-order valence-electron chi connectivity index (χ3n) is 5.01. The third-order valence-corrected chi connectivity index (χ3v) is 6.35. The van der Waals surface area contributed by atoms with E-state index in [-0.39, 0.29) is 18.1 Å². The first kappa shape index (κ1) is 23.2. The lowest BCUT2D eigenvalue weighted by molar-refractivity contribution is 0.0504. The lowest BCUT2D eigenvalue weighted by Gasteiger charge is -2.21. The Morgan fingerprint density at radius 2 is 1.94 bits per heavy atom. The smallest absolute Gasteiger partial charge is 0.407 e. The highest BCUT2D eigenvalue weighted by Gasteiger charge is 2.28. The highest BCUT2D eigenvalue weighted by atomic mass is 32.2. The number of oxazole rings is 1. The van der Waals surface area contributed by atoms with Gasteiger partial charge in [0.05, 0.1) is 18.4 Å². The van der Waals surface area contributed by atoms with Crippen LogP contribution >= 0.6 is 11.8 Å². The molecule has 2 atom stereocenters. The van der Waals surface area contributed by atoms with Gasteiger partial charge in [-0.05, 0) is 71.2 Å². The molecule has 0 spiro atoms. The normalized spacial score (nSPS) is 18.6. The van der Waals surface area contributed by atoms with E-state index < -0.39 is 5.60 Å². The molecule has 1 heterocycles. The molecule has 1 fully saturated rings. The molecule has 0 bridgehead atoms. The Labute approximate surface area is 187 Å². The Balaban J connectivity index is 1.52. The molecule has 7 nitrogen and oxygen atoms in total. The Morgan fingerprint density at radius 3 is 2.58 bits per heavy atom. The number of benzene rings is 1. The van der Waals surface area contributed by atoms with E-state index >= 15 is 0 Å². The maximum Gasteiger partial charge on any atom is 0.407 e. The SMILES string of the molecule is COC(=O)c1ccc(-c2nc(CS[C@H]3CC[C@H](NC(=O)OC(C)(C)C)C3)c(C)o2)cc1. The molecular formula is C23H30N2O5S. The standard InChI is InChI=1S/C23H30N2O5S/c1-14-19(25-20(29-14)15-6-8-16(9-7-15)21(26)28-5)13-31-18-11-10-17(12-18)24-22(27)30-23(2,3)4/h6-9,17-18H,10-13H2,1-5H3,(H,24,27)/t17-,18-/m0/s1. The van der Waals surface area contributed by atoms with Crippen LogP contribution in [0.5, 0.6) is 0 Å². The topological polar surface area (TPSA) is 90.7 Å². The fourth-order valence-electron chi connectivity index (χ4n) is 3.45. The quantitative estimate of drug-likeness (QED) is 0.616. The number of alkyl carbamates (subject to hydrolysis) is 1. The van der Waals surface area contributed by atoms with Gasteiger partial charge in [0.15, 0.2) is 0 Å². The summed E-state index contributed by atoms with van der Waals surface area (Å²) in [6, 6.07) is 7.16. The number of hydrogen-bond acceptors (Lipinski definition) is 7. The second-order valence-electron chi connectivity index (χ2n) is 8.68. The number of rotatable bonds is 6. The molecular weight excluding hydrogens is 416 g/mol. The van der Waals surface area contributed by atoms with Gasteiger partial charge in [-0.15, -0.1) is 0 Å². The number of carbonyl (C=O) groups excluding carboxylic acids is 2. The Hall–Kier alpha value is -2.48. The van der Waals surface area contributed by atoms with Crippen LogP contribution in [-0.2, 0) is 15.2 Å². The van der Waals surface area contributed by atoms with Crippen molar-refractivity contribution in [1.29, 1.82) is 0 Å².